The molecular formula is C11H6BrF2NO. The van der Waals surface area contributed by atoms with Crippen molar-refractivity contribution in [1.29, 1.82) is 0 Å². The van der Waals surface area contributed by atoms with Crippen LogP contribution in [0.4, 0.5) is 8.78 Å². The molecule has 0 unspecified atom stereocenters. The summed E-state index contributed by atoms with van der Waals surface area (Å²) in [5.74, 6) is -0.371. The van der Waals surface area contributed by atoms with Gasteiger partial charge in [-0.2, -0.15) is 0 Å². The lowest BCUT2D eigenvalue weighted by molar-refractivity contribution is 0.454. The minimum absolute atomic E-state index is 0.207. The highest BCUT2D eigenvalue weighted by Gasteiger charge is 2.02. The van der Waals surface area contributed by atoms with Crippen LogP contribution in [0.15, 0.2) is 41.0 Å². The number of pyridine rings is 1. The van der Waals surface area contributed by atoms with E-state index in [1.807, 2.05) is 0 Å². The van der Waals surface area contributed by atoms with Crippen molar-refractivity contribution in [2.24, 2.45) is 0 Å². The molecule has 0 saturated carbocycles. The molecule has 0 aliphatic heterocycles. The highest BCUT2D eigenvalue weighted by atomic mass is 79.9. The van der Waals surface area contributed by atoms with Crippen LogP contribution in [-0.4, -0.2) is 4.98 Å². The molecule has 1 aromatic heterocycles. The second-order valence-electron chi connectivity index (χ2n) is 3.02. The topological polar surface area (TPSA) is 22.1 Å². The van der Waals surface area contributed by atoms with E-state index in [4.69, 9.17) is 4.74 Å². The summed E-state index contributed by atoms with van der Waals surface area (Å²) in [7, 11) is 0. The second-order valence-corrected chi connectivity index (χ2v) is 3.94. The van der Waals surface area contributed by atoms with Crippen molar-refractivity contribution in [1.82, 2.24) is 4.98 Å². The van der Waals surface area contributed by atoms with E-state index in [9.17, 15) is 8.78 Å². The van der Waals surface area contributed by atoms with Gasteiger partial charge < -0.3 is 4.74 Å². The molecule has 0 atom stereocenters. The molecule has 0 aliphatic rings. The molecule has 16 heavy (non-hydrogen) atoms. The van der Waals surface area contributed by atoms with Gasteiger partial charge in [0, 0.05) is 16.6 Å². The summed E-state index contributed by atoms with van der Waals surface area (Å²) in [6.07, 6.45) is 1.03. The Balaban J connectivity index is 2.23. The lowest BCUT2D eigenvalue weighted by Crippen LogP contribution is -1.89. The van der Waals surface area contributed by atoms with Gasteiger partial charge in [-0.3, -0.25) is 0 Å². The highest BCUT2D eigenvalue weighted by Crippen LogP contribution is 2.24. The molecule has 0 spiro atoms. The van der Waals surface area contributed by atoms with Crippen molar-refractivity contribution < 1.29 is 13.5 Å². The molecule has 0 N–H and O–H groups in total. The van der Waals surface area contributed by atoms with E-state index < -0.39 is 11.6 Å². The van der Waals surface area contributed by atoms with Gasteiger partial charge in [-0.15, -0.1) is 0 Å². The molecule has 0 amide bonds. The van der Waals surface area contributed by atoms with Crippen molar-refractivity contribution >= 4 is 15.9 Å². The number of nitrogens with zero attached hydrogens (tertiary/aromatic N) is 1. The molecule has 0 bridgehead atoms. The fourth-order valence-electron chi connectivity index (χ4n) is 1.13. The van der Waals surface area contributed by atoms with Crippen molar-refractivity contribution in [2.75, 3.05) is 0 Å². The number of benzene rings is 1. The standard InChI is InChI=1S/C11H6BrF2NO/c12-7-3-9(14)5-10(4-7)16-11-2-1-8(13)6-15-11/h1-6H. The number of rotatable bonds is 2. The van der Waals surface area contributed by atoms with Crippen LogP contribution in [-0.2, 0) is 0 Å². The van der Waals surface area contributed by atoms with E-state index in [0.717, 1.165) is 6.20 Å². The van der Waals surface area contributed by atoms with Crippen LogP contribution >= 0.6 is 15.9 Å². The molecular weight excluding hydrogens is 280 g/mol. The third-order valence-electron chi connectivity index (χ3n) is 1.76. The van der Waals surface area contributed by atoms with Gasteiger partial charge in [-0.05, 0) is 18.2 Å². The van der Waals surface area contributed by atoms with Crippen molar-refractivity contribution in [3.63, 3.8) is 0 Å². The van der Waals surface area contributed by atoms with Gasteiger partial charge >= 0.3 is 0 Å². The average Bonchev–Trinajstić information content (AvgIpc) is 2.20. The summed E-state index contributed by atoms with van der Waals surface area (Å²) in [5.41, 5.74) is 0. The molecule has 2 aromatic rings. The van der Waals surface area contributed by atoms with Gasteiger partial charge in [0.25, 0.3) is 0 Å². The Kier molecular flexibility index (Phi) is 3.14. The SMILES string of the molecule is Fc1ccc(Oc2cc(F)cc(Br)c2)nc1. The Bertz CT molecular complexity index is 482. The van der Waals surface area contributed by atoms with Crippen LogP contribution in [0.1, 0.15) is 0 Å². The molecule has 82 valence electrons. The molecule has 1 heterocycles. The third kappa shape index (κ3) is 2.76. The summed E-state index contributed by atoms with van der Waals surface area (Å²) in [6.45, 7) is 0. The minimum atomic E-state index is -0.451. The number of hydrogen-bond donors (Lipinski definition) is 0. The van der Waals surface area contributed by atoms with E-state index in [0.29, 0.717) is 10.2 Å². The normalized spacial score (nSPS) is 10.2. The largest absolute Gasteiger partial charge is 0.439 e. The zero-order valence-corrected chi connectivity index (χ0v) is 9.54. The van der Waals surface area contributed by atoms with Gasteiger partial charge in [0.05, 0.1) is 6.20 Å². The summed E-state index contributed by atoms with van der Waals surface area (Å²) >= 11 is 3.14. The van der Waals surface area contributed by atoms with Crippen molar-refractivity contribution in [3.8, 4) is 11.6 Å². The first-order valence-corrected chi connectivity index (χ1v) is 5.18. The predicted octanol–water partition coefficient (Wildman–Crippen LogP) is 3.91. The molecule has 0 fully saturated rings. The van der Waals surface area contributed by atoms with Crippen LogP contribution in [0.5, 0.6) is 11.6 Å². The first kappa shape index (κ1) is 11.0. The van der Waals surface area contributed by atoms with Crippen molar-refractivity contribution in [3.05, 3.63) is 52.6 Å². The lowest BCUT2D eigenvalue weighted by Gasteiger charge is -2.04. The van der Waals surface area contributed by atoms with Crippen LogP contribution in [0.2, 0.25) is 0 Å². The van der Waals surface area contributed by atoms with Crippen LogP contribution < -0.4 is 4.74 Å². The van der Waals surface area contributed by atoms with Gasteiger partial charge in [0.15, 0.2) is 0 Å². The minimum Gasteiger partial charge on any atom is -0.439 e. The number of ether oxygens (including phenoxy) is 1. The Hall–Kier alpha value is -1.49. The summed E-state index contributed by atoms with van der Waals surface area (Å²) in [4.78, 5) is 3.70. The monoisotopic (exact) mass is 285 g/mol. The van der Waals surface area contributed by atoms with Crippen molar-refractivity contribution in [2.45, 2.75) is 0 Å². The first-order valence-electron chi connectivity index (χ1n) is 4.39. The van der Waals surface area contributed by atoms with Gasteiger partial charge in [0.1, 0.15) is 17.4 Å². The molecule has 0 radical (unpaired) electrons. The third-order valence-corrected chi connectivity index (χ3v) is 2.22. The Labute approximate surface area is 99.0 Å². The quantitative estimate of drug-likeness (QED) is 0.835. The average molecular weight is 286 g/mol. The molecule has 0 aliphatic carbocycles. The highest BCUT2D eigenvalue weighted by molar-refractivity contribution is 9.10. The van der Waals surface area contributed by atoms with E-state index in [1.54, 1.807) is 6.07 Å². The number of hydrogen-bond acceptors (Lipinski definition) is 2. The summed E-state index contributed by atoms with van der Waals surface area (Å²) in [5, 5.41) is 0. The van der Waals surface area contributed by atoms with Crippen LogP contribution in [0.3, 0.4) is 0 Å². The number of aromatic nitrogens is 1. The van der Waals surface area contributed by atoms with Gasteiger partial charge in [-0.1, -0.05) is 15.9 Å². The van der Waals surface area contributed by atoms with Crippen LogP contribution in [0, 0.1) is 11.6 Å². The molecule has 0 saturated heterocycles. The molecule has 5 heteroatoms. The second kappa shape index (κ2) is 4.57. The van der Waals surface area contributed by atoms with Gasteiger partial charge in [0.2, 0.25) is 5.88 Å². The smallest absolute Gasteiger partial charge is 0.219 e. The molecule has 2 rings (SSSR count). The summed E-state index contributed by atoms with van der Waals surface area (Å²) < 4.78 is 31.4. The van der Waals surface area contributed by atoms with Gasteiger partial charge in [-0.25, -0.2) is 13.8 Å². The Morgan fingerprint density at radius 1 is 1.06 bits per heavy atom. The predicted molar refractivity (Wildman–Crippen MR) is 58.4 cm³/mol. The summed E-state index contributed by atoms with van der Waals surface area (Å²) in [6, 6.07) is 6.71. The fraction of sp³-hybridized carbons (Fsp3) is 0. The fourth-order valence-corrected chi connectivity index (χ4v) is 1.58. The number of halogens is 3. The molecule has 1 aromatic carbocycles. The van der Waals surface area contributed by atoms with E-state index >= 15 is 0 Å². The zero-order valence-electron chi connectivity index (χ0n) is 7.95. The first-order chi connectivity index (χ1) is 7.63. The molecule has 2 nitrogen and oxygen atoms in total. The van der Waals surface area contributed by atoms with E-state index in [-0.39, 0.29) is 5.88 Å². The maximum absolute atomic E-state index is 13.0. The maximum Gasteiger partial charge on any atom is 0.219 e. The Morgan fingerprint density at radius 2 is 1.88 bits per heavy atom. The Morgan fingerprint density at radius 3 is 2.50 bits per heavy atom. The zero-order chi connectivity index (χ0) is 11.5. The lowest BCUT2D eigenvalue weighted by atomic mass is 10.3. The van der Waals surface area contributed by atoms with Crippen LogP contribution in [0.25, 0.3) is 0 Å². The van der Waals surface area contributed by atoms with E-state index in [2.05, 4.69) is 20.9 Å². The van der Waals surface area contributed by atoms with E-state index in [1.165, 1.54) is 24.3 Å². The maximum atomic E-state index is 13.0.